The predicted molar refractivity (Wildman–Crippen MR) is 112 cm³/mol. The number of nitrogens with one attached hydrogen (secondary N) is 2. The van der Waals surface area contributed by atoms with Crippen LogP contribution in [0.25, 0.3) is 0 Å². The predicted octanol–water partition coefficient (Wildman–Crippen LogP) is 0.972. The van der Waals surface area contributed by atoms with Gasteiger partial charge in [0.1, 0.15) is 0 Å². The molecule has 1 aromatic rings. The maximum absolute atomic E-state index is 13.3. The second kappa shape index (κ2) is 9.37. The van der Waals surface area contributed by atoms with Gasteiger partial charge in [0.2, 0.25) is 10.0 Å². The van der Waals surface area contributed by atoms with Crippen LogP contribution in [0.15, 0.2) is 11.0 Å². The van der Waals surface area contributed by atoms with E-state index in [1.807, 2.05) is 33.8 Å². The van der Waals surface area contributed by atoms with Crippen molar-refractivity contribution in [3.05, 3.63) is 28.3 Å². The number of carbonyl (C=O) groups excluding carboxylic acids is 1. The van der Waals surface area contributed by atoms with Gasteiger partial charge in [0.25, 0.3) is 5.91 Å². The Kier molecular flexibility index (Phi) is 7.65. The lowest BCUT2D eigenvalue weighted by atomic mass is 10.0. The zero-order valence-corrected chi connectivity index (χ0v) is 19.0. The van der Waals surface area contributed by atoms with Gasteiger partial charge in [-0.2, -0.15) is 4.31 Å². The number of quaternary nitrogens is 1. The van der Waals surface area contributed by atoms with Crippen LogP contribution in [0, 0.1) is 33.6 Å². The van der Waals surface area contributed by atoms with E-state index in [0.717, 1.165) is 33.6 Å². The van der Waals surface area contributed by atoms with Crippen molar-refractivity contribution in [2.75, 3.05) is 39.3 Å². The molecule has 0 aromatic heterocycles. The van der Waals surface area contributed by atoms with Crippen molar-refractivity contribution in [2.45, 2.75) is 52.9 Å². The van der Waals surface area contributed by atoms with Gasteiger partial charge < -0.3 is 10.2 Å². The normalized spacial score (nSPS) is 16.5. The molecule has 1 heterocycles. The third-order valence-electron chi connectivity index (χ3n) is 5.78. The number of rotatable bonds is 7. The lowest BCUT2D eigenvalue weighted by molar-refractivity contribution is -0.895. The smallest absolute Gasteiger partial charge is 0.275 e. The minimum atomic E-state index is -3.52. The molecule has 28 heavy (non-hydrogen) atoms. The van der Waals surface area contributed by atoms with Crippen LogP contribution >= 0.6 is 0 Å². The second-order valence-corrected chi connectivity index (χ2v) is 10.3. The monoisotopic (exact) mass is 410 g/mol. The van der Waals surface area contributed by atoms with E-state index in [1.165, 1.54) is 0 Å². The summed E-state index contributed by atoms with van der Waals surface area (Å²) in [4.78, 5) is 13.7. The van der Waals surface area contributed by atoms with Crippen molar-refractivity contribution in [1.82, 2.24) is 9.62 Å². The van der Waals surface area contributed by atoms with Gasteiger partial charge in [0, 0.05) is 6.54 Å². The summed E-state index contributed by atoms with van der Waals surface area (Å²) in [5, 5.41) is 2.96. The van der Waals surface area contributed by atoms with Crippen LogP contribution in [0.4, 0.5) is 0 Å². The fourth-order valence-corrected chi connectivity index (χ4v) is 5.72. The highest BCUT2D eigenvalue weighted by Crippen LogP contribution is 2.28. The van der Waals surface area contributed by atoms with Crippen molar-refractivity contribution < 1.29 is 18.1 Å². The number of piperazine rings is 1. The third kappa shape index (κ3) is 5.33. The molecule has 2 N–H and O–H groups in total. The van der Waals surface area contributed by atoms with E-state index < -0.39 is 10.0 Å². The molecule has 0 atom stereocenters. The first-order valence-corrected chi connectivity index (χ1v) is 11.7. The summed E-state index contributed by atoms with van der Waals surface area (Å²) in [5.74, 6) is 0.617. The molecular weight excluding hydrogens is 374 g/mol. The van der Waals surface area contributed by atoms with E-state index in [-0.39, 0.29) is 5.91 Å². The highest BCUT2D eigenvalue weighted by Gasteiger charge is 2.33. The molecule has 2 rings (SSSR count). The minimum absolute atomic E-state index is 0.0490. The molecule has 158 valence electrons. The largest absolute Gasteiger partial charge is 0.351 e. The fraction of sp³-hybridized carbons (Fsp3) is 0.667. The van der Waals surface area contributed by atoms with Crippen molar-refractivity contribution in [2.24, 2.45) is 5.92 Å². The standard InChI is InChI=1S/C21H35N3O3S/c1-15(2)7-8-22-20(25)14-23-9-11-24(12-10-23)28(26,27)21-18(5)16(3)13-17(4)19(21)6/h13,15H,7-12,14H2,1-6H3,(H,22,25)/p+1. The zero-order chi connectivity index (χ0) is 21.1. The molecule has 0 saturated carbocycles. The average molecular weight is 411 g/mol. The molecule has 1 aliphatic heterocycles. The first kappa shape index (κ1) is 22.8. The summed E-state index contributed by atoms with van der Waals surface area (Å²) in [6.45, 7) is 15.3. The van der Waals surface area contributed by atoms with Crippen molar-refractivity contribution in [3.63, 3.8) is 0 Å². The third-order valence-corrected chi connectivity index (χ3v) is 7.95. The molecule has 0 unspecified atom stereocenters. The van der Waals surface area contributed by atoms with Crippen LogP contribution in [0.5, 0.6) is 0 Å². The topological polar surface area (TPSA) is 70.9 Å². The van der Waals surface area contributed by atoms with Crippen LogP contribution in [0.1, 0.15) is 42.5 Å². The number of sulfonamides is 1. The summed E-state index contributed by atoms with van der Waals surface area (Å²) in [6.07, 6.45) is 0.974. The van der Waals surface area contributed by atoms with Crippen LogP contribution in [0.2, 0.25) is 0 Å². The number of amides is 1. The Hall–Kier alpha value is -1.44. The number of carbonyl (C=O) groups is 1. The summed E-state index contributed by atoms with van der Waals surface area (Å²) in [6, 6.07) is 2.05. The van der Waals surface area contributed by atoms with E-state index in [1.54, 1.807) is 4.31 Å². The van der Waals surface area contributed by atoms with Crippen LogP contribution in [-0.2, 0) is 14.8 Å². The van der Waals surface area contributed by atoms with E-state index >= 15 is 0 Å². The molecule has 0 radical (unpaired) electrons. The fourth-order valence-electron chi connectivity index (χ4n) is 3.71. The summed E-state index contributed by atoms with van der Waals surface area (Å²) in [7, 11) is -3.52. The van der Waals surface area contributed by atoms with Crippen LogP contribution in [0.3, 0.4) is 0 Å². The Bertz CT molecular complexity index is 784. The molecule has 1 aromatic carbocycles. The molecule has 1 amide bonds. The molecule has 0 bridgehead atoms. The first-order valence-electron chi connectivity index (χ1n) is 10.2. The highest BCUT2D eigenvalue weighted by atomic mass is 32.2. The van der Waals surface area contributed by atoms with Gasteiger partial charge in [-0.25, -0.2) is 8.42 Å². The van der Waals surface area contributed by atoms with Crippen LogP contribution in [-0.4, -0.2) is 57.9 Å². The molecule has 7 heteroatoms. The van der Waals surface area contributed by atoms with Crippen molar-refractivity contribution in [1.29, 1.82) is 0 Å². The zero-order valence-electron chi connectivity index (χ0n) is 18.2. The minimum Gasteiger partial charge on any atom is -0.351 e. The summed E-state index contributed by atoms with van der Waals surface area (Å²) >= 11 is 0. The quantitative estimate of drug-likeness (QED) is 0.704. The Morgan fingerprint density at radius 1 is 1.11 bits per heavy atom. The Labute approximate surface area is 170 Å². The number of aryl methyl sites for hydroxylation is 2. The van der Waals surface area contributed by atoms with E-state index in [0.29, 0.717) is 50.1 Å². The maximum Gasteiger partial charge on any atom is 0.275 e. The Balaban J connectivity index is 2.00. The van der Waals surface area contributed by atoms with Gasteiger partial charge in [0.15, 0.2) is 6.54 Å². The molecule has 0 spiro atoms. The van der Waals surface area contributed by atoms with Crippen LogP contribution < -0.4 is 10.2 Å². The molecule has 1 aliphatic rings. The van der Waals surface area contributed by atoms with Gasteiger partial charge in [-0.3, -0.25) is 4.79 Å². The first-order chi connectivity index (χ1) is 13.0. The van der Waals surface area contributed by atoms with E-state index in [2.05, 4.69) is 19.2 Å². The molecule has 6 nitrogen and oxygen atoms in total. The van der Waals surface area contributed by atoms with Gasteiger partial charge in [-0.15, -0.1) is 0 Å². The average Bonchev–Trinajstić information content (AvgIpc) is 2.60. The number of nitrogens with zero attached hydrogens (tertiary/aromatic N) is 1. The van der Waals surface area contributed by atoms with Crippen molar-refractivity contribution in [3.8, 4) is 0 Å². The Morgan fingerprint density at radius 2 is 1.64 bits per heavy atom. The molecule has 0 aliphatic carbocycles. The van der Waals surface area contributed by atoms with Gasteiger partial charge >= 0.3 is 0 Å². The van der Waals surface area contributed by atoms with Gasteiger partial charge in [0.05, 0.1) is 31.1 Å². The molecule has 1 fully saturated rings. The lowest BCUT2D eigenvalue weighted by Crippen LogP contribution is -3.15. The number of benzene rings is 1. The number of hydrogen-bond acceptors (Lipinski definition) is 3. The lowest BCUT2D eigenvalue weighted by Gasteiger charge is -2.32. The highest BCUT2D eigenvalue weighted by molar-refractivity contribution is 7.89. The van der Waals surface area contributed by atoms with Crippen molar-refractivity contribution >= 4 is 15.9 Å². The van der Waals surface area contributed by atoms with E-state index in [9.17, 15) is 13.2 Å². The summed E-state index contributed by atoms with van der Waals surface area (Å²) in [5.41, 5.74) is 3.68. The van der Waals surface area contributed by atoms with Gasteiger partial charge in [-0.1, -0.05) is 19.9 Å². The second-order valence-electron chi connectivity index (χ2n) is 8.45. The molecule has 1 saturated heterocycles. The maximum atomic E-state index is 13.3. The number of hydrogen-bond donors (Lipinski definition) is 2. The van der Waals surface area contributed by atoms with Gasteiger partial charge in [-0.05, 0) is 62.3 Å². The SMILES string of the molecule is Cc1cc(C)c(C)c(S(=O)(=O)N2CC[NH+](CC(=O)NCCC(C)C)CC2)c1C. The molecular formula is C21H36N3O3S+. The summed E-state index contributed by atoms with van der Waals surface area (Å²) < 4.78 is 28.2. The Morgan fingerprint density at radius 3 is 2.14 bits per heavy atom. The van der Waals surface area contributed by atoms with E-state index in [4.69, 9.17) is 0 Å².